The monoisotopic (exact) mass is 401 g/mol. The highest BCUT2D eigenvalue weighted by atomic mass is 16.5. The summed E-state index contributed by atoms with van der Waals surface area (Å²) in [4.78, 5) is 25.3. The third-order valence-electron chi connectivity index (χ3n) is 4.86. The minimum Gasteiger partial charge on any atom is -0.489 e. The van der Waals surface area contributed by atoms with Crippen LogP contribution in [0.2, 0.25) is 0 Å². The summed E-state index contributed by atoms with van der Waals surface area (Å²) in [6, 6.07) is 18.6. The van der Waals surface area contributed by atoms with Crippen LogP contribution in [-0.4, -0.2) is 15.6 Å². The van der Waals surface area contributed by atoms with Gasteiger partial charge >= 0.3 is 0 Å². The molecule has 1 heterocycles. The van der Waals surface area contributed by atoms with Gasteiger partial charge in [-0.2, -0.15) is 10.4 Å². The van der Waals surface area contributed by atoms with E-state index in [0.717, 1.165) is 10.2 Å². The largest absolute Gasteiger partial charge is 0.489 e. The van der Waals surface area contributed by atoms with E-state index in [1.165, 1.54) is 0 Å². The fourth-order valence-electron chi connectivity index (χ4n) is 3.25. The third kappa shape index (κ3) is 4.64. The summed E-state index contributed by atoms with van der Waals surface area (Å²) in [6.45, 7) is 4.02. The zero-order valence-electron chi connectivity index (χ0n) is 17.1. The molecular weight excluding hydrogens is 378 g/mol. The molecule has 0 radical (unpaired) electrons. The lowest BCUT2D eigenvalue weighted by Crippen LogP contribution is -2.31. The van der Waals surface area contributed by atoms with Gasteiger partial charge in [0.25, 0.3) is 5.56 Å². The molecule has 0 N–H and O–H groups in total. The van der Waals surface area contributed by atoms with Crippen LogP contribution in [0.3, 0.4) is 0 Å². The molecule has 152 valence electrons. The topological polar surface area (TPSA) is 85.0 Å². The van der Waals surface area contributed by atoms with Crippen LogP contribution in [0.25, 0.3) is 0 Å². The quantitative estimate of drug-likeness (QED) is 0.537. The Bertz CT molecular complexity index is 1130. The number of carbonyl (C=O) groups excluding carboxylic acids is 1. The van der Waals surface area contributed by atoms with Crippen molar-refractivity contribution < 1.29 is 9.53 Å². The second-order valence-electron chi connectivity index (χ2n) is 6.80. The number of benzene rings is 2. The van der Waals surface area contributed by atoms with Crippen LogP contribution in [0.15, 0.2) is 59.4 Å². The van der Waals surface area contributed by atoms with Crippen LogP contribution >= 0.6 is 0 Å². The van der Waals surface area contributed by atoms with Crippen LogP contribution in [-0.2, 0) is 26.0 Å². The molecule has 0 saturated heterocycles. The average molecular weight is 401 g/mol. The maximum Gasteiger partial charge on any atom is 0.285 e. The molecule has 0 aliphatic rings. The molecule has 0 saturated carbocycles. The predicted molar refractivity (Wildman–Crippen MR) is 114 cm³/mol. The summed E-state index contributed by atoms with van der Waals surface area (Å²) in [7, 11) is 0. The van der Waals surface area contributed by atoms with E-state index in [0.29, 0.717) is 42.0 Å². The Morgan fingerprint density at radius 2 is 1.77 bits per heavy atom. The number of hydrogen-bond acceptors (Lipinski definition) is 5. The maximum absolute atomic E-state index is 12.7. The Balaban J connectivity index is 1.75. The van der Waals surface area contributed by atoms with Crippen LogP contribution in [0.4, 0.5) is 0 Å². The van der Waals surface area contributed by atoms with Crippen molar-refractivity contribution in [1.29, 1.82) is 5.26 Å². The lowest BCUT2D eigenvalue weighted by atomic mass is 10.0. The average Bonchev–Trinajstić information content (AvgIpc) is 2.79. The molecule has 1 aromatic heterocycles. The van der Waals surface area contributed by atoms with Gasteiger partial charge in [-0.15, -0.1) is 0 Å². The lowest BCUT2D eigenvalue weighted by Gasteiger charge is -2.12. The lowest BCUT2D eigenvalue weighted by molar-refractivity contribution is 0.0965. The Hall–Kier alpha value is -3.72. The summed E-state index contributed by atoms with van der Waals surface area (Å²) in [5.74, 6) is 0.396. The fraction of sp³-hybridized carbons (Fsp3) is 0.250. The number of nitriles is 1. The Morgan fingerprint density at radius 1 is 1.07 bits per heavy atom. The molecule has 0 spiro atoms. The van der Waals surface area contributed by atoms with E-state index in [-0.39, 0.29) is 17.9 Å². The van der Waals surface area contributed by atoms with E-state index in [4.69, 9.17) is 4.74 Å². The van der Waals surface area contributed by atoms with Gasteiger partial charge in [0.05, 0.1) is 5.69 Å². The standard InChI is InChI=1S/C24H23N3O3/c1-3-20-21(14-25)24(29)27(26-22(20)4-2)15-23(28)18-10-12-19(13-11-18)30-16-17-8-6-5-7-9-17/h5-13H,3-4,15-16H2,1-2H3. The molecule has 30 heavy (non-hydrogen) atoms. The number of rotatable bonds is 8. The van der Waals surface area contributed by atoms with E-state index >= 15 is 0 Å². The molecule has 0 amide bonds. The number of ether oxygens (including phenoxy) is 1. The van der Waals surface area contributed by atoms with Gasteiger partial charge in [0.15, 0.2) is 5.78 Å². The summed E-state index contributed by atoms with van der Waals surface area (Å²) >= 11 is 0. The van der Waals surface area contributed by atoms with Gasteiger partial charge in [0, 0.05) is 5.56 Å². The molecule has 0 aliphatic heterocycles. The molecule has 0 atom stereocenters. The fourth-order valence-corrected chi connectivity index (χ4v) is 3.25. The van der Waals surface area contributed by atoms with E-state index in [1.807, 2.05) is 50.2 Å². The second-order valence-corrected chi connectivity index (χ2v) is 6.80. The normalized spacial score (nSPS) is 10.4. The number of hydrogen-bond donors (Lipinski definition) is 0. The van der Waals surface area contributed by atoms with Crippen molar-refractivity contribution in [2.45, 2.75) is 39.8 Å². The van der Waals surface area contributed by atoms with Crippen molar-refractivity contribution in [3.05, 3.63) is 92.9 Å². The van der Waals surface area contributed by atoms with Crippen LogP contribution in [0.5, 0.6) is 5.75 Å². The van der Waals surface area contributed by atoms with Gasteiger partial charge in [0.2, 0.25) is 0 Å². The molecular formula is C24H23N3O3. The first-order valence-electron chi connectivity index (χ1n) is 9.90. The minimum absolute atomic E-state index is 0.0711. The van der Waals surface area contributed by atoms with Gasteiger partial charge in [-0.3, -0.25) is 9.59 Å². The molecule has 6 nitrogen and oxygen atoms in total. The second kappa shape index (κ2) is 9.66. The van der Waals surface area contributed by atoms with Crippen molar-refractivity contribution in [2.24, 2.45) is 0 Å². The molecule has 2 aromatic carbocycles. The SMILES string of the molecule is CCc1nn(CC(=O)c2ccc(OCc3ccccc3)cc2)c(=O)c(C#N)c1CC. The smallest absolute Gasteiger partial charge is 0.285 e. The first-order chi connectivity index (χ1) is 14.6. The van der Waals surface area contributed by atoms with Crippen LogP contribution in [0, 0.1) is 11.3 Å². The molecule has 0 aliphatic carbocycles. The Kier molecular flexibility index (Phi) is 6.76. The maximum atomic E-state index is 12.7. The number of aryl methyl sites for hydroxylation is 1. The van der Waals surface area contributed by atoms with Gasteiger partial charge in [-0.25, -0.2) is 4.68 Å². The first-order valence-corrected chi connectivity index (χ1v) is 9.90. The number of Topliss-reactive ketones (excluding diaryl/α,β-unsaturated/α-hetero) is 1. The van der Waals surface area contributed by atoms with Crippen molar-refractivity contribution in [2.75, 3.05) is 0 Å². The van der Waals surface area contributed by atoms with E-state index < -0.39 is 5.56 Å². The van der Waals surface area contributed by atoms with E-state index in [2.05, 4.69) is 5.10 Å². The number of nitrogens with zero attached hydrogens (tertiary/aromatic N) is 3. The van der Waals surface area contributed by atoms with Crippen LogP contribution in [0.1, 0.15) is 46.6 Å². The zero-order valence-corrected chi connectivity index (χ0v) is 17.1. The highest BCUT2D eigenvalue weighted by molar-refractivity contribution is 5.95. The van der Waals surface area contributed by atoms with Gasteiger partial charge in [0.1, 0.15) is 30.5 Å². The molecule has 0 unspecified atom stereocenters. The van der Waals surface area contributed by atoms with Crippen LogP contribution < -0.4 is 10.3 Å². The number of carbonyl (C=O) groups is 1. The Labute approximate surface area is 175 Å². The van der Waals surface area contributed by atoms with E-state index in [1.54, 1.807) is 24.3 Å². The molecule has 0 fully saturated rings. The van der Waals surface area contributed by atoms with Crippen molar-refractivity contribution in [3.8, 4) is 11.8 Å². The molecule has 0 bridgehead atoms. The van der Waals surface area contributed by atoms with Gasteiger partial charge < -0.3 is 4.74 Å². The highest BCUT2D eigenvalue weighted by Gasteiger charge is 2.17. The summed E-state index contributed by atoms with van der Waals surface area (Å²) in [6.07, 6.45) is 1.13. The summed E-state index contributed by atoms with van der Waals surface area (Å²) < 4.78 is 6.83. The van der Waals surface area contributed by atoms with Crippen molar-refractivity contribution in [1.82, 2.24) is 9.78 Å². The number of aromatic nitrogens is 2. The van der Waals surface area contributed by atoms with E-state index in [9.17, 15) is 14.9 Å². The highest BCUT2D eigenvalue weighted by Crippen LogP contribution is 2.15. The molecule has 3 rings (SSSR count). The van der Waals surface area contributed by atoms with Gasteiger partial charge in [-0.1, -0.05) is 44.2 Å². The predicted octanol–water partition coefficient (Wildman–Crippen LogP) is 3.70. The summed E-state index contributed by atoms with van der Waals surface area (Å²) in [5.41, 5.74) is 2.38. The zero-order chi connectivity index (χ0) is 21.5. The molecule has 3 aromatic rings. The summed E-state index contributed by atoms with van der Waals surface area (Å²) in [5, 5.41) is 13.7. The van der Waals surface area contributed by atoms with Gasteiger partial charge in [-0.05, 0) is 48.2 Å². The number of ketones is 1. The minimum atomic E-state index is -0.525. The third-order valence-corrected chi connectivity index (χ3v) is 4.86. The van der Waals surface area contributed by atoms with Crippen molar-refractivity contribution >= 4 is 5.78 Å². The molecule has 6 heteroatoms. The first kappa shape index (κ1) is 21.0. The Morgan fingerprint density at radius 3 is 2.37 bits per heavy atom. The van der Waals surface area contributed by atoms with Crippen molar-refractivity contribution in [3.63, 3.8) is 0 Å².